The van der Waals surface area contributed by atoms with Gasteiger partial charge in [-0.1, -0.05) is 30.3 Å². The minimum absolute atomic E-state index is 0.0682. The lowest BCUT2D eigenvalue weighted by Crippen LogP contribution is -2.17. The first-order valence-electron chi connectivity index (χ1n) is 8.88. The number of carboxylic acid groups (broad SMARTS) is 1. The van der Waals surface area contributed by atoms with Crippen molar-refractivity contribution in [3.05, 3.63) is 66.0 Å². The number of carbonyl (C=O) groups is 1. The van der Waals surface area contributed by atoms with Crippen LogP contribution in [-0.2, 0) is 11.3 Å². The molecule has 0 aliphatic rings. The monoisotopic (exact) mass is 436 g/mol. The lowest BCUT2D eigenvalue weighted by molar-refractivity contribution is -0.274. The van der Waals surface area contributed by atoms with Gasteiger partial charge >= 0.3 is 12.3 Å². The smallest absolute Gasteiger partial charge is 0.480 e. The van der Waals surface area contributed by atoms with E-state index in [4.69, 9.17) is 5.11 Å². The molecule has 31 heavy (non-hydrogen) atoms. The maximum atomic E-state index is 13.8. The van der Waals surface area contributed by atoms with Gasteiger partial charge in [0.1, 0.15) is 23.9 Å². The first-order chi connectivity index (χ1) is 14.7. The standard InChI is InChI=1S/C20H16F4N4O3/c21-15-7-2-1-4-13(15)10-25-17-9-16(27-19(28-17)26-11-18(29)30)12-5-3-6-14(8-12)31-20(22,23)24/h1-9H,10-11H2,(H,29,30)(H2,25,26,27,28). The molecule has 1 heterocycles. The van der Waals surface area contributed by atoms with Gasteiger partial charge in [-0.25, -0.2) is 9.37 Å². The summed E-state index contributed by atoms with van der Waals surface area (Å²) in [4.78, 5) is 19.1. The van der Waals surface area contributed by atoms with E-state index in [1.54, 1.807) is 18.2 Å². The Kier molecular flexibility index (Phi) is 6.53. The van der Waals surface area contributed by atoms with Gasteiger partial charge in [-0.3, -0.25) is 4.79 Å². The summed E-state index contributed by atoms with van der Waals surface area (Å²) in [6.45, 7) is -0.411. The average Bonchev–Trinajstić information content (AvgIpc) is 2.70. The van der Waals surface area contributed by atoms with Crippen LogP contribution in [0, 0.1) is 5.82 Å². The van der Waals surface area contributed by atoms with E-state index in [0.29, 0.717) is 5.56 Å². The van der Waals surface area contributed by atoms with Gasteiger partial charge in [-0.2, -0.15) is 4.98 Å². The molecule has 3 N–H and O–H groups in total. The van der Waals surface area contributed by atoms with Crippen LogP contribution in [0.15, 0.2) is 54.6 Å². The average molecular weight is 436 g/mol. The number of nitrogens with zero attached hydrogens (tertiary/aromatic N) is 2. The summed E-state index contributed by atoms with van der Waals surface area (Å²) in [6, 6.07) is 12.7. The maximum absolute atomic E-state index is 13.8. The third kappa shape index (κ3) is 6.56. The van der Waals surface area contributed by atoms with Crippen molar-refractivity contribution < 1.29 is 32.2 Å². The molecule has 0 fully saturated rings. The van der Waals surface area contributed by atoms with Crippen molar-refractivity contribution in [2.75, 3.05) is 17.2 Å². The van der Waals surface area contributed by atoms with Crippen LogP contribution in [0.25, 0.3) is 11.3 Å². The topological polar surface area (TPSA) is 96.4 Å². The summed E-state index contributed by atoms with van der Waals surface area (Å²) in [6.07, 6.45) is -4.86. The Bertz CT molecular complexity index is 1080. The second-order valence-corrected chi connectivity index (χ2v) is 6.23. The SMILES string of the molecule is O=C(O)CNc1nc(NCc2ccccc2F)cc(-c2cccc(OC(F)(F)F)c2)n1. The molecule has 0 spiro atoms. The molecule has 3 rings (SSSR count). The van der Waals surface area contributed by atoms with Gasteiger partial charge in [0.15, 0.2) is 0 Å². The molecule has 0 amide bonds. The predicted octanol–water partition coefficient (Wildman–Crippen LogP) is 4.29. The Morgan fingerprint density at radius 3 is 2.52 bits per heavy atom. The molecule has 7 nitrogen and oxygen atoms in total. The number of halogens is 4. The van der Waals surface area contributed by atoms with Crippen molar-refractivity contribution in [3.8, 4) is 17.0 Å². The van der Waals surface area contributed by atoms with Crippen LogP contribution in [0.4, 0.5) is 29.3 Å². The van der Waals surface area contributed by atoms with Gasteiger partial charge in [0, 0.05) is 23.7 Å². The van der Waals surface area contributed by atoms with E-state index in [-0.39, 0.29) is 29.6 Å². The number of nitrogens with one attached hydrogen (secondary N) is 2. The Labute approximate surface area is 173 Å². The third-order valence-electron chi connectivity index (χ3n) is 3.91. The van der Waals surface area contributed by atoms with E-state index in [0.717, 1.165) is 12.1 Å². The molecule has 2 aromatic carbocycles. The quantitative estimate of drug-likeness (QED) is 0.454. The summed E-state index contributed by atoms with van der Waals surface area (Å²) in [7, 11) is 0. The zero-order chi connectivity index (χ0) is 22.4. The molecule has 0 unspecified atom stereocenters. The maximum Gasteiger partial charge on any atom is 0.573 e. The lowest BCUT2D eigenvalue weighted by atomic mass is 10.1. The third-order valence-corrected chi connectivity index (χ3v) is 3.91. The number of hydrogen-bond acceptors (Lipinski definition) is 6. The minimum atomic E-state index is -4.86. The molecule has 0 saturated carbocycles. The molecule has 0 aliphatic carbocycles. The summed E-state index contributed by atoms with van der Waals surface area (Å²) < 4.78 is 55.3. The van der Waals surface area contributed by atoms with E-state index >= 15 is 0 Å². The number of benzene rings is 2. The van der Waals surface area contributed by atoms with Crippen molar-refractivity contribution in [3.63, 3.8) is 0 Å². The van der Waals surface area contributed by atoms with Gasteiger partial charge in [0.2, 0.25) is 5.95 Å². The summed E-state index contributed by atoms with van der Waals surface area (Å²) in [5.41, 5.74) is 0.839. The van der Waals surface area contributed by atoms with Crippen LogP contribution in [0.3, 0.4) is 0 Å². The molecular weight excluding hydrogens is 420 g/mol. The summed E-state index contributed by atoms with van der Waals surface area (Å²) in [5.74, 6) is -1.88. The van der Waals surface area contributed by atoms with Gasteiger partial charge < -0.3 is 20.5 Å². The van der Waals surface area contributed by atoms with Crippen molar-refractivity contribution in [1.82, 2.24) is 9.97 Å². The van der Waals surface area contributed by atoms with Gasteiger partial charge in [-0.15, -0.1) is 13.2 Å². The number of anilines is 2. The van der Waals surface area contributed by atoms with Crippen molar-refractivity contribution in [1.29, 1.82) is 0 Å². The molecule has 0 radical (unpaired) electrons. The zero-order valence-electron chi connectivity index (χ0n) is 15.8. The van der Waals surface area contributed by atoms with Crippen molar-refractivity contribution in [2.24, 2.45) is 0 Å². The number of alkyl halides is 3. The van der Waals surface area contributed by atoms with E-state index in [9.17, 15) is 22.4 Å². The fraction of sp³-hybridized carbons (Fsp3) is 0.150. The Morgan fingerprint density at radius 1 is 1.03 bits per heavy atom. The highest BCUT2D eigenvalue weighted by molar-refractivity contribution is 5.72. The number of ether oxygens (including phenoxy) is 1. The predicted molar refractivity (Wildman–Crippen MR) is 104 cm³/mol. The lowest BCUT2D eigenvalue weighted by Gasteiger charge is -2.13. The van der Waals surface area contributed by atoms with Gasteiger partial charge in [-0.05, 0) is 18.2 Å². The van der Waals surface area contributed by atoms with Crippen LogP contribution in [0.5, 0.6) is 5.75 Å². The number of hydrogen-bond donors (Lipinski definition) is 3. The minimum Gasteiger partial charge on any atom is -0.480 e. The second-order valence-electron chi connectivity index (χ2n) is 6.23. The molecule has 1 aromatic heterocycles. The molecule has 0 saturated heterocycles. The van der Waals surface area contributed by atoms with Crippen LogP contribution in [0.2, 0.25) is 0 Å². The molecule has 3 aromatic rings. The van der Waals surface area contributed by atoms with Gasteiger partial charge in [0.25, 0.3) is 0 Å². The Hall–Kier alpha value is -3.89. The molecule has 162 valence electrons. The summed E-state index contributed by atoms with van der Waals surface area (Å²) in [5, 5.41) is 14.3. The second kappa shape index (κ2) is 9.28. The normalized spacial score (nSPS) is 11.1. The van der Waals surface area contributed by atoms with Crippen molar-refractivity contribution >= 4 is 17.7 Å². The van der Waals surface area contributed by atoms with E-state index in [1.807, 2.05) is 0 Å². The van der Waals surface area contributed by atoms with Crippen LogP contribution in [0.1, 0.15) is 5.56 Å². The fourth-order valence-electron chi connectivity index (χ4n) is 2.60. The highest BCUT2D eigenvalue weighted by atomic mass is 19.4. The largest absolute Gasteiger partial charge is 0.573 e. The Balaban J connectivity index is 1.91. The van der Waals surface area contributed by atoms with E-state index in [1.165, 1.54) is 24.3 Å². The summed E-state index contributed by atoms with van der Waals surface area (Å²) >= 11 is 0. The molecule has 0 bridgehead atoms. The van der Waals surface area contributed by atoms with E-state index < -0.39 is 30.4 Å². The number of rotatable bonds is 8. The molecule has 0 aliphatic heterocycles. The zero-order valence-corrected chi connectivity index (χ0v) is 15.8. The molecular formula is C20H16F4N4O3. The number of carboxylic acids is 1. The molecule has 11 heteroatoms. The van der Waals surface area contributed by atoms with Gasteiger partial charge in [0.05, 0.1) is 5.69 Å². The van der Waals surface area contributed by atoms with Crippen LogP contribution < -0.4 is 15.4 Å². The Morgan fingerprint density at radius 2 is 1.81 bits per heavy atom. The number of aliphatic carboxylic acids is 1. The highest BCUT2D eigenvalue weighted by Crippen LogP contribution is 2.28. The van der Waals surface area contributed by atoms with E-state index in [2.05, 4.69) is 25.3 Å². The molecule has 0 atom stereocenters. The first kappa shape index (κ1) is 21.8. The van der Waals surface area contributed by atoms with Crippen LogP contribution >= 0.6 is 0 Å². The first-order valence-corrected chi connectivity index (χ1v) is 8.88. The van der Waals surface area contributed by atoms with Crippen molar-refractivity contribution in [2.45, 2.75) is 12.9 Å². The van der Waals surface area contributed by atoms with Crippen LogP contribution in [-0.4, -0.2) is 34.0 Å². The fourth-order valence-corrected chi connectivity index (χ4v) is 2.60. The highest BCUT2D eigenvalue weighted by Gasteiger charge is 2.31. The number of aromatic nitrogens is 2.